The van der Waals surface area contributed by atoms with Gasteiger partial charge in [-0.1, -0.05) is 70.1 Å². The molecule has 7 nitrogen and oxygen atoms in total. The second kappa shape index (κ2) is 19.2. The quantitative estimate of drug-likeness (QED) is 0.0626. The summed E-state index contributed by atoms with van der Waals surface area (Å²) >= 11 is 0. The van der Waals surface area contributed by atoms with Crippen molar-refractivity contribution in [3.8, 4) is 11.5 Å². The van der Waals surface area contributed by atoms with Crippen molar-refractivity contribution in [1.82, 2.24) is 0 Å². The van der Waals surface area contributed by atoms with Crippen LogP contribution < -0.4 is 9.47 Å². The Hall–Kier alpha value is -2.96. The number of rotatable bonds is 19. The minimum absolute atomic E-state index is 0.0745. The van der Waals surface area contributed by atoms with E-state index in [0.29, 0.717) is 6.42 Å². The second-order valence-corrected chi connectivity index (χ2v) is 9.32. The van der Waals surface area contributed by atoms with E-state index in [9.17, 15) is 19.2 Å². The molecule has 0 saturated heterocycles. The van der Waals surface area contributed by atoms with Crippen LogP contribution >= 0.6 is 0 Å². The third kappa shape index (κ3) is 15.0. The van der Waals surface area contributed by atoms with E-state index in [1.54, 1.807) is 6.07 Å². The number of carbonyl (C=O) groups is 4. The summed E-state index contributed by atoms with van der Waals surface area (Å²) in [4.78, 5) is 47.2. The molecular weight excluding hydrogens is 472 g/mol. The largest absolute Gasteiger partial charge is 0.463 e. The zero-order valence-electron chi connectivity index (χ0n) is 23.0. The summed E-state index contributed by atoms with van der Waals surface area (Å²) in [5, 5.41) is 0. The van der Waals surface area contributed by atoms with Gasteiger partial charge in [0.05, 0.1) is 0 Å². The van der Waals surface area contributed by atoms with Gasteiger partial charge >= 0.3 is 17.9 Å². The van der Waals surface area contributed by atoms with E-state index in [4.69, 9.17) is 14.2 Å². The molecular formula is C30H44O7. The van der Waals surface area contributed by atoms with E-state index in [1.165, 1.54) is 71.4 Å². The van der Waals surface area contributed by atoms with Crippen molar-refractivity contribution in [2.45, 2.75) is 117 Å². The summed E-state index contributed by atoms with van der Waals surface area (Å²) in [6.45, 7) is 6.15. The first-order valence-electron chi connectivity index (χ1n) is 13.6. The lowest BCUT2D eigenvalue weighted by molar-refractivity contribution is -0.147. The Balaban J connectivity index is 2.52. The number of hydrogen-bond acceptors (Lipinski definition) is 7. The Morgan fingerprint density at radius 1 is 0.730 bits per heavy atom. The van der Waals surface area contributed by atoms with Crippen LogP contribution in [-0.4, -0.2) is 29.8 Å². The third-order valence-corrected chi connectivity index (χ3v) is 5.85. The minimum Gasteiger partial charge on any atom is -0.463 e. The highest BCUT2D eigenvalue weighted by Gasteiger charge is 2.20. The van der Waals surface area contributed by atoms with Crippen LogP contribution in [0.1, 0.15) is 122 Å². The fourth-order valence-electron chi connectivity index (χ4n) is 4.13. The Labute approximate surface area is 221 Å². The van der Waals surface area contributed by atoms with E-state index < -0.39 is 11.9 Å². The average Bonchev–Trinajstić information content (AvgIpc) is 2.81. The molecule has 0 aromatic heterocycles. The Kier molecular flexibility index (Phi) is 16.6. The van der Waals surface area contributed by atoms with Gasteiger partial charge < -0.3 is 14.2 Å². The summed E-state index contributed by atoms with van der Waals surface area (Å²) in [7, 11) is 0. The summed E-state index contributed by atoms with van der Waals surface area (Å²) in [5.74, 6) is -1.53. The molecule has 0 amide bonds. The van der Waals surface area contributed by atoms with Crippen LogP contribution in [-0.2, 0) is 19.1 Å². The van der Waals surface area contributed by atoms with E-state index in [2.05, 4.69) is 6.92 Å². The molecule has 0 bridgehead atoms. The van der Waals surface area contributed by atoms with Crippen LogP contribution in [0.25, 0.3) is 0 Å². The maximum absolute atomic E-state index is 12.9. The molecule has 0 N–H and O–H groups in total. The molecule has 1 atom stereocenters. The van der Waals surface area contributed by atoms with Crippen molar-refractivity contribution < 1.29 is 33.4 Å². The molecule has 0 saturated carbocycles. The zero-order valence-corrected chi connectivity index (χ0v) is 23.0. The lowest BCUT2D eigenvalue weighted by atomic mass is 10.0. The van der Waals surface area contributed by atoms with Crippen molar-refractivity contribution in [3.63, 3.8) is 0 Å². The number of ether oxygens (including phenoxy) is 3. The van der Waals surface area contributed by atoms with Crippen LogP contribution in [0.4, 0.5) is 0 Å². The van der Waals surface area contributed by atoms with Gasteiger partial charge in [0.1, 0.15) is 23.2 Å². The summed E-state index contributed by atoms with van der Waals surface area (Å²) in [5.41, 5.74) is 0.0848. The molecule has 0 heterocycles. The van der Waals surface area contributed by atoms with Gasteiger partial charge in [0.25, 0.3) is 0 Å². The number of esters is 3. The third-order valence-electron chi connectivity index (χ3n) is 5.85. The maximum atomic E-state index is 12.9. The highest BCUT2D eigenvalue weighted by molar-refractivity contribution is 6.02. The molecule has 0 spiro atoms. The van der Waals surface area contributed by atoms with E-state index in [-0.39, 0.29) is 41.3 Å². The molecule has 1 rings (SSSR count). The molecule has 7 heteroatoms. The Bertz CT molecular complexity index is 854. The molecule has 1 aromatic rings. The van der Waals surface area contributed by atoms with Crippen molar-refractivity contribution in [1.29, 1.82) is 0 Å². The van der Waals surface area contributed by atoms with Crippen molar-refractivity contribution in [2.24, 2.45) is 0 Å². The fourth-order valence-corrected chi connectivity index (χ4v) is 4.13. The van der Waals surface area contributed by atoms with Crippen LogP contribution in [0, 0.1) is 0 Å². The molecule has 0 radical (unpaired) electrons. The van der Waals surface area contributed by atoms with Gasteiger partial charge in [-0.25, -0.2) is 0 Å². The monoisotopic (exact) mass is 516 g/mol. The normalized spacial score (nSPS) is 11.8. The maximum Gasteiger partial charge on any atom is 0.308 e. The SMILES string of the molecule is CCCCCCCCCCC(CCC=CCCC(=O)c1c(OC(C)=O)cccc1OC(C)=O)OC(C)=O. The lowest BCUT2D eigenvalue weighted by Gasteiger charge is -2.16. The van der Waals surface area contributed by atoms with Gasteiger partial charge in [-0.3, -0.25) is 19.2 Å². The number of benzene rings is 1. The molecule has 0 aliphatic heterocycles. The first-order chi connectivity index (χ1) is 17.7. The minimum atomic E-state index is -0.566. The van der Waals surface area contributed by atoms with Crippen LogP contribution in [0.5, 0.6) is 11.5 Å². The zero-order chi connectivity index (χ0) is 27.5. The predicted molar refractivity (Wildman–Crippen MR) is 144 cm³/mol. The topological polar surface area (TPSA) is 96.0 Å². The summed E-state index contributed by atoms with van der Waals surface area (Å²) in [6.07, 6.45) is 16.7. The molecule has 37 heavy (non-hydrogen) atoms. The summed E-state index contributed by atoms with van der Waals surface area (Å²) < 4.78 is 15.8. The van der Waals surface area contributed by atoms with Crippen LogP contribution in [0.3, 0.4) is 0 Å². The predicted octanol–water partition coefficient (Wildman–Crippen LogP) is 7.30. The van der Waals surface area contributed by atoms with Crippen LogP contribution in [0.2, 0.25) is 0 Å². The first kappa shape index (κ1) is 32.1. The Morgan fingerprint density at radius 2 is 1.27 bits per heavy atom. The van der Waals surface area contributed by atoms with Crippen molar-refractivity contribution in [3.05, 3.63) is 35.9 Å². The molecule has 0 aliphatic carbocycles. The average molecular weight is 517 g/mol. The number of carbonyl (C=O) groups excluding carboxylic acids is 4. The van der Waals surface area contributed by atoms with Crippen molar-refractivity contribution >= 4 is 23.7 Å². The molecule has 1 unspecified atom stereocenters. The first-order valence-corrected chi connectivity index (χ1v) is 13.6. The highest BCUT2D eigenvalue weighted by Crippen LogP contribution is 2.31. The smallest absolute Gasteiger partial charge is 0.308 e. The van der Waals surface area contributed by atoms with Gasteiger partial charge in [-0.15, -0.1) is 0 Å². The molecule has 0 aliphatic rings. The van der Waals surface area contributed by atoms with Crippen LogP contribution in [0.15, 0.2) is 30.4 Å². The van der Waals surface area contributed by atoms with Gasteiger partial charge in [0, 0.05) is 27.2 Å². The fraction of sp³-hybridized carbons (Fsp3) is 0.600. The van der Waals surface area contributed by atoms with Gasteiger partial charge in [-0.05, 0) is 44.2 Å². The number of hydrogen-bond donors (Lipinski definition) is 0. The number of ketones is 1. The Morgan fingerprint density at radius 3 is 1.81 bits per heavy atom. The van der Waals surface area contributed by atoms with E-state index >= 15 is 0 Å². The number of Topliss-reactive ketones (excluding diaryl/α,β-unsaturated/α-hetero) is 1. The number of allylic oxidation sites excluding steroid dienone is 2. The van der Waals surface area contributed by atoms with Gasteiger partial charge in [0.15, 0.2) is 5.78 Å². The van der Waals surface area contributed by atoms with Gasteiger partial charge in [-0.2, -0.15) is 0 Å². The highest BCUT2D eigenvalue weighted by atomic mass is 16.5. The van der Waals surface area contributed by atoms with E-state index in [1.807, 2.05) is 12.2 Å². The summed E-state index contributed by atoms with van der Waals surface area (Å²) in [6, 6.07) is 4.55. The number of unbranched alkanes of at least 4 members (excludes halogenated alkanes) is 7. The van der Waals surface area contributed by atoms with Gasteiger partial charge in [0.2, 0.25) is 0 Å². The van der Waals surface area contributed by atoms with Crippen molar-refractivity contribution in [2.75, 3.05) is 0 Å². The second-order valence-electron chi connectivity index (χ2n) is 9.32. The molecule has 1 aromatic carbocycles. The lowest BCUT2D eigenvalue weighted by Crippen LogP contribution is -2.16. The molecule has 206 valence electrons. The standard InChI is InChI=1S/C30H44O7/c1-5-6-7-8-9-10-11-14-18-26(35-23(2)31)19-15-12-13-16-20-27(34)30-28(36-24(3)32)21-17-22-29(30)37-25(4)33/h12-13,17,21-22,26H,5-11,14-16,18-20H2,1-4H3. The molecule has 0 fully saturated rings. The van der Waals surface area contributed by atoms with E-state index in [0.717, 1.165) is 32.1 Å².